The molecule has 122 valence electrons. The maximum Gasteiger partial charge on any atom is 0.0718 e. The fourth-order valence-electron chi connectivity index (χ4n) is 3.40. The third-order valence-corrected chi connectivity index (χ3v) is 4.66. The summed E-state index contributed by atoms with van der Waals surface area (Å²) in [7, 11) is 0. The summed E-state index contributed by atoms with van der Waals surface area (Å²) in [5, 5.41) is 1.19. The van der Waals surface area contributed by atoms with Crippen LogP contribution in [0.2, 0.25) is 0 Å². The SMILES string of the molecule is CC(C)c1ccccc1-c1cc(-c2ccccc2)c2ccccc2n1. The number of pyridine rings is 1. The van der Waals surface area contributed by atoms with E-state index in [0.29, 0.717) is 5.92 Å². The number of benzene rings is 3. The summed E-state index contributed by atoms with van der Waals surface area (Å²) >= 11 is 0. The Morgan fingerprint density at radius 2 is 1.36 bits per heavy atom. The van der Waals surface area contributed by atoms with E-state index in [0.717, 1.165) is 11.2 Å². The molecule has 4 aromatic rings. The molecule has 0 saturated carbocycles. The third-order valence-electron chi connectivity index (χ3n) is 4.66. The smallest absolute Gasteiger partial charge is 0.0718 e. The van der Waals surface area contributed by atoms with Crippen LogP contribution in [0.3, 0.4) is 0 Å². The number of nitrogens with zero attached hydrogens (tertiary/aromatic N) is 1. The lowest BCUT2D eigenvalue weighted by molar-refractivity contribution is 0.868. The second-order valence-corrected chi connectivity index (χ2v) is 6.68. The molecule has 25 heavy (non-hydrogen) atoms. The maximum absolute atomic E-state index is 4.97. The van der Waals surface area contributed by atoms with E-state index in [1.54, 1.807) is 0 Å². The quantitative estimate of drug-likeness (QED) is 0.409. The van der Waals surface area contributed by atoms with Gasteiger partial charge in [-0.15, -0.1) is 0 Å². The van der Waals surface area contributed by atoms with Crippen LogP contribution in [0.15, 0.2) is 84.9 Å². The van der Waals surface area contributed by atoms with Crippen molar-refractivity contribution < 1.29 is 0 Å². The summed E-state index contributed by atoms with van der Waals surface area (Å²) in [6, 6.07) is 29.8. The van der Waals surface area contributed by atoms with Crippen LogP contribution in [-0.4, -0.2) is 4.98 Å². The minimum atomic E-state index is 0.463. The molecule has 1 aromatic heterocycles. The first-order valence-corrected chi connectivity index (χ1v) is 8.78. The molecule has 3 aromatic carbocycles. The Labute approximate surface area is 149 Å². The predicted molar refractivity (Wildman–Crippen MR) is 107 cm³/mol. The van der Waals surface area contributed by atoms with Crippen LogP contribution in [0.1, 0.15) is 25.3 Å². The Hall–Kier alpha value is -2.93. The second kappa shape index (κ2) is 6.52. The molecule has 0 fully saturated rings. The molecule has 0 spiro atoms. The topological polar surface area (TPSA) is 12.9 Å². The van der Waals surface area contributed by atoms with Crippen molar-refractivity contribution in [1.82, 2.24) is 4.98 Å². The van der Waals surface area contributed by atoms with E-state index >= 15 is 0 Å². The highest BCUT2D eigenvalue weighted by atomic mass is 14.7. The van der Waals surface area contributed by atoms with E-state index in [-0.39, 0.29) is 0 Å². The van der Waals surface area contributed by atoms with Gasteiger partial charge in [-0.1, -0.05) is 86.6 Å². The van der Waals surface area contributed by atoms with Crippen LogP contribution >= 0.6 is 0 Å². The first-order valence-electron chi connectivity index (χ1n) is 8.78. The van der Waals surface area contributed by atoms with Gasteiger partial charge in [0.05, 0.1) is 11.2 Å². The minimum Gasteiger partial charge on any atom is -0.248 e. The molecule has 0 aliphatic carbocycles. The number of para-hydroxylation sites is 1. The number of rotatable bonds is 3. The molecular weight excluding hydrogens is 302 g/mol. The summed E-state index contributed by atoms with van der Waals surface area (Å²) < 4.78 is 0. The average Bonchev–Trinajstić information content (AvgIpc) is 2.67. The van der Waals surface area contributed by atoms with Crippen LogP contribution in [0.5, 0.6) is 0 Å². The first-order chi connectivity index (χ1) is 12.2. The molecule has 4 rings (SSSR count). The highest BCUT2D eigenvalue weighted by Crippen LogP contribution is 2.34. The zero-order chi connectivity index (χ0) is 17.2. The molecule has 0 radical (unpaired) electrons. The lowest BCUT2D eigenvalue weighted by atomic mass is 9.92. The normalized spacial score (nSPS) is 11.2. The summed E-state index contributed by atoms with van der Waals surface area (Å²) in [6.07, 6.45) is 0. The van der Waals surface area contributed by atoms with E-state index < -0.39 is 0 Å². The fraction of sp³-hybridized carbons (Fsp3) is 0.125. The van der Waals surface area contributed by atoms with Crippen LogP contribution in [0, 0.1) is 0 Å². The maximum atomic E-state index is 4.97. The summed E-state index contributed by atoms with van der Waals surface area (Å²) in [5.41, 5.74) is 7.10. The summed E-state index contributed by atoms with van der Waals surface area (Å²) in [6.45, 7) is 4.47. The van der Waals surface area contributed by atoms with Gasteiger partial charge < -0.3 is 0 Å². The molecule has 0 aliphatic heterocycles. The van der Waals surface area contributed by atoms with Gasteiger partial charge in [0.15, 0.2) is 0 Å². The van der Waals surface area contributed by atoms with Crippen molar-refractivity contribution in [2.24, 2.45) is 0 Å². The van der Waals surface area contributed by atoms with Crippen molar-refractivity contribution in [3.63, 3.8) is 0 Å². The minimum absolute atomic E-state index is 0.463. The largest absolute Gasteiger partial charge is 0.248 e. The number of aromatic nitrogens is 1. The number of fused-ring (bicyclic) bond motifs is 1. The lowest BCUT2D eigenvalue weighted by Crippen LogP contribution is -1.95. The average molecular weight is 323 g/mol. The standard InChI is InChI=1S/C24H21N/c1-17(2)19-12-6-7-13-20(19)24-16-22(18-10-4-3-5-11-18)21-14-8-9-15-23(21)25-24/h3-17H,1-2H3. The zero-order valence-electron chi connectivity index (χ0n) is 14.6. The number of hydrogen-bond acceptors (Lipinski definition) is 1. The van der Waals surface area contributed by atoms with Crippen LogP contribution < -0.4 is 0 Å². The Balaban J connectivity index is 2.02. The highest BCUT2D eigenvalue weighted by Gasteiger charge is 2.13. The van der Waals surface area contributed by atoms with E-state index in [1.165, 1.54) is 27.6 Å². The molecule has 1 heteroatoms. The van der Waals surface area contributed by atoms with Gasteiger partial charge >= 0.3 is 0 Å². The van der Waals surface area contributed by atoms with Gasteiger partial charge in [0.2, 0.25) is 0 Å². The van der Waals surface area contributed by atoms with Crippen molar-refractivity contribution in [1.29, 1.82) is 0 Å². The molecular formula is C24H21N. The van der Waals surface area contributed by atoms with E-state index in [2.05, 4.69) is 98.8 Å². The summed E-state index contributed by atoms with van der Waals surface area (Å²) in [4.78, 5) is 4.97. The zero-order valence-corrected chi connectivity index (χ0v) is 14.6. The molecule has 1 heterocycles. The van der Waals surface area contributed by atoms with Gasteiger partial charge in [0.1, 0.15) is 0 Å². The first kappa shape index (κ1) is 15.6. The van der Waals surface area contributed by atoms with Gasteiger partial charge in [-0.25, -0.2) is 4.98 Å². The monoisotopic (exact) mass is 323 g/mol. The van der Waals surface area contributed by atoms with E-state index in [1.807, 2.05) is 0 Å². The van der Waals surface area contributed by atoms with E-state index in [9.17, 15) is 0 Å². The molecule has 0 N–H and O–H groups in total. The molecule has 0 saturated heterocycles. The Morgan fingerprint density at radius 1 is 0.680 bits per heavy atom. The molecule has 0 atom stereocenters. The van der Waals surface area contributed by atoms with Crippen LogP contribution in [0.25, 0.3) is 33.3 Å². The Morgan fingerprint density at radius 3 is 2.16 bits per heavy atom. The molecule has 0 bridgehead atoms. The van der Waals surface area contributed by atoms with Crippen LogP contribution in [0.4, 0.5) is 0 Å². The van der Waals surface area contributed by atoms with Gasteiger partial charge in [-0.05, 0) is 34.7 Å². The van der Waals surface area contributed by atoms with Crippen molar-refractivity contribution in [3.05, 3.63) is 90.5 Å². The predicted octanol–water partition coefficient (Wildman–Crippen LogP) is 6.69. The van der Waals surface area contributed by atoms with Crippen molar-refractivity contribution in [2.45, 2.75) is 19.8 Å². The molecule has 0 unspecified atom stereocenters. The Bertz CT molecular complexity index is 1020. The fourth-order valence-corrected chi connectivity index (χ4v) is 3.40. The number of hydrogen-bond donors (Lipinski definition) is 0. The molecule has 0 aliphatic rings. The Kier molecular flexibility index (Phi) is 4.07. The van der Waals surface area contributed by atoms with Gasteiger partial charge in [-0.2, -0.15) is 0 Å². The van der Waals surface area contributed by atoms with Gasteiger partial charge in [-0.3, -0.25) is 0 Å². The third kappa shape index (κ3) is 2.94. The van der Waals surface area contributed by atoms with Crippen LogP contribution in [-0.2, 0) is 0 Å². The summed E-state index contributed by atoms with van der Waals surface area (Å²) in [5.74, 6) is 0.463. The van der Waals surface area contributed by atoms with Crippen molar-refractivity contribution >= 4 is 10.9 Å². The molecule has 0 amide bonds. The van der Waals surface area contributed by atoms with Gasteiger partial charge in [0.25, 0.3) is 0 Å². The lowest BCUT2D eigenvalue weighted by Gasteiger charge is -2.15. The van der Waals surface area contributed by atoms with E-state index in [4.69, 9.17) is 4.98 Å². The molecule has 1 nitrogen and oxygen atoms in total. The van der Waals surface area contributed by atoms with Gasteiger partial charge in [0, 0.05) is 10.9 Å². The highest BCUT2D eigenvalue weighted by molar-refractivity contribution is 5.96. The van der Waals surface area contributed by atoms with Crippen molar-refractivity contribution in [3.8, 4) is 22.4 Å². The second-order valence-electron chi connectivity index (χ2n) is 6.68. The van der Waals surface area contributed by atoms with Crippen molar-refractivity contribution in [2.75, 3.05) is 0 Å².